The summed E-state index contributed by atoms with van der Waals surface area (Å²) in [5.74, 6) is 0.863. The maximum Gasteiger partial charge on any atom is 0.137 e. The fourth-order valence-corrected chi connectivity index (χ4v) is 3.35. The molecule has 19 heavy (non-hydrogen) atoms. The van der Waals surface area contributed by atoms with Gasteiger partial charge in [-0.3, -0.25) is 4.68 Å². The van der Waals surface area contributed by atoms with E-state index in [1.165, 1.54) is 0 Å². The summed E-state index contributed by atoms with van der Waals surface area (Å²) in [6.45, 7) is 1.51. The molecule has 2 aromatic rings. The molecule has 2 rings (SSSR count). The third-order valence-corrected chi connectivity index (χ3v) is 3.74. The molecule has 102 valence electrons. The zero-order valence-electron chi connectivity index (χ0n) is 10.8. The predicted molar refractivity (Wildman–Crippen MR) is 82.1 cm³/mol. The maximum atomic E-state index is 5.41. The van der Waals surface area contributed by atoms with Crippen molar-refractivity contribution in [3.63, 3.8) is 0 Å². The van der Waals surface area contributed by atoms with Crippen LogP contribution < -0.4 is 10.1 Å². The van der Waals surface area contributed by atoms with Crippen LogP contribution in [0.5, 0.6) is 5.75 Å². The smallest absolute Gasteiger partial charge is 0.137 e. The molecule has 0 fully saturated rings. The van der Waals surface area contributed by atoms with Gasteiger partial charge in [-0.15, -0.1) is 0 Å². The molecule has 0 atom stereocenters. The zero-order valence-corrected chi connectivity index (χ0v) is 14.0. The van der Waals surface area contributed by atoms with Gasteiger partial charge in [-0.1, -0.05) is 15.9 Å². The molecule has 0 aliphatic heterocycles. The monoisotopic (exact) mass is 387 g/mol. The van der Waals surface area contributed by atoms with E-state index in [1.807, 2.05) is 25.5 Å². The van der Waals surface area contributed by atoms with Crippen molar-refractivity contribution in [3.05, 3.63) is 44.6 Å². The summed E-state index contributed by atoms with van der Waals surface area (Å²) in [6, 6.07) is 4.03. The second kappa shape index (κ2) is 6.54. The van der Waals surface area contributed by atoms with Crippen LogP contribution in [-0.2, 0) is 20.1 Å². The van der Waals surface area contributed by atoms with Crippen molar-refractivity contribution < 1.29 is 4.74 Å². The first kappa shape index (κ1) is 14.6. The van der Waals surface area contributed by atoms with Crippen molar-refractivity contribution in [2.24, 2.45) is 7.05 Å². The first-order valence-corrected chi connectivity index (χ1v) is 7.39. The number of nitrogens with one attached hydrogen (secondary N) is 1. The minimum Gasteiger partial charge on any atom is -0.495 e. The summed E-state index contributed by atoms with van der Waals surface area (Å²) in [5, 5.41) is 7.53. The number of nitrogens with zero attached hydrogens (tertiary/aromatic N) is 2. The van der Waals surface area contributed by atoms with Crippen LogP contribution in [-0.4, -0.2) is 16.9 Å². The Hall–Kier alpha value is -0.850. The number of aryl methyl sites for hydroxylation is 1. The van der Waals surface area contributed by atoms with Crippen LogP contribution in [0.4, 0.5) is 0 Å². The van der Waals surface area contributed by atoms with Gasteiger partial charge >= 0.3 is 0 Å². The molecule has 0 bridgehead atoms. The van der Waals surface area contributed by atoms with E-state index in [0.29, 0.717) is 0 Å². The fourth-order valence-electron chi connectivity index (χ4n) is 1.88. The Labute approximate surface area is 129 Å². The van der Waals surface area contributed by atoms with Crippen LogP contribution >= 0.6 is 31.9 Å². The van der Waals surface area contributed by atoms with Gasteiger partial charge in [0.05, 0.1) is 17.8 Å². The van der Waals surface area contributed by atoms with E-state index in [0.717, 1.165) is 38.9 Å². The molecule has 0 amide bonds. The number of rotatable bonds is 5. The van der Waals surface area contributed by atoms with Crippen LogP contribution in [0.25, 0.3) is 0 Å². The molecule has 0 radical (unpaired) electrons. The largest absolute Gasteiger partial charge is 0.495 e. The summed E-state index contributed by atoms with van der Waals surface area (Å²) in [5.41, 5.74) is 2.27. The molecule has 1 N–H and O–H groups in total. The van der Waals surface area contributed by atoms with Gasteiger partial charge in [0.15, 0.2) is 0 Å². The van der Waals surface area contributed by atoms with Gasteiger partial charge in [0, 0.05) is 41.9 Å². The molecule has 0 spiro atoms. The van der Waals surface area contributed by atoms with Crippen molar-refractivity contribution in [1.29, 1.82) is 0 Å². The lowest BCUT2D eigenvalue weighted by Crippen LogP contribution is -2.13. The predicted octanol–water partition coefficient (Wildman–Crippen LogP) is 3.24. The van der Waals surface area contributed by atoms with E-state index in [-0.39, 0.29) is 0 Å². The maximum absolute atomic E-state index is 5.41. The average molecular weight is 389 g/mol. The minimum atomic E-state index is 0.732. The second-order valence-electron chi connectivity index (χ2n) is 4.21. The molecule has 4 nitrogen and oxygen atoms in total. The quantitative estimate of drug-likeness (QED) is 0.854. The lowest BCUT2D eigenvalue weighted by molar-refractivity contribution is 0.405. The van der Waals surface area contributed by atoms with Crippen molar-refractivity contribution in [1.82, 2.24) is 15.1 Å². The minimum absolute atomic E-state index is 0.732. The Morgan fingerprint density at radius 1 is 1.32 bits per heavy atom. The van der Waals surface area contributed by atoms with E-state index in [1.54, 1.807) is 11.8 Å². The first-order chi connectivity index (χ1) is 9.10. The average Bonchev–Trinajstić information content (AvgIpc) is 2.74. The van der Waals surface area contributed by atoms with Crippen molar-refractivity contribution in [2.45, 2.75) is 13.1 Å². The van der Waals surface area contributed by atoms with Gasteiger partial charge in [0.2, 0.25) is 0 Å². The molecule has 1 aromatic heterocycles. The summed E-state index contributed by atoms with van der Waals surface area (Å²) in [6.07, 6.45) is 3.86. The molecule has 0 saturated carbocycles. The Kier molecular flexibility index (Phi) is 5.01. The van der Waals surface area contributed by atoms with Crippen LogP contribution in [0, 0.1) is 0 Å². The van der Waals surface area contributed by atoms with Crippen molar-refractivity contribution >= 4 is 31.9 Å². The standard InChI is InChI=1S/C13H15Br2N3O/c1-18-8-9(6-17-18)5-16-7-10-3-11(14)4-12(15)13(10)19-2/h3-4,6,8,16H,5,7H2,1-2H3. The third kappa shape index (κ3) is 3.81. The number of aromatic nitrogens is 2. The molecule has 0 unspecified atom stereocenters. The molecule has 6 heteroatoms. The normalized spacial score (nSPS) is 10.7. The lowest BCUT2D eigenvalue weighted by atomic mass is 10.2. The zero-order chi connectivity index (χ0) is 13.8. The second-order valence-corrected chi connectivity index (χ2v) is 5.98. The lowest BCUT2D eigenvalue weighted by Gasteiger charge is -2.12. The van der Waals surface area contributed by atoms with Gasteiger partial charge in [-0.25, -0.2) is 0 Å². The summed E-state index contributed by atoms with van der Waals surface area (Å²) in [4.78, 5) is 0. The first-order valence-electron chi connectivity index (χ1n) is 5.80. The van der Waals surface area contributed by atoms with E-state index in [4.69, 9.17) is 4.74 Å². The summed E-state index contributed by atoms with van der Waals surface area (Å²) >= 11 is 6.99. The highest BCUT2D eigenvalue weighted by Crippen LogP contribution is 2.32. The van der Waals surface area contributed by atoms with Crippen molar-refractivity contribution in [3.8, 4) is 5.75 Å². The Morgan fingerprint density at radius 2 is 2.11 bits per heavy atom. The molecule has 1 aromatic carbocycles. The molecule has 0 aliphatic rings. The number of methoxy groups -OCH3 is 1. The highest BCUT2D eigenvalue weighted by atomic mass is 79.9. The van der Waals surface area contributed by atoms with Crippen molar-refractivity contribution in [2.75, 3.05) is 7.11 Å². The Morgan fingerprint density at radius 3 is 2.74 bits per heavy atom. The summed E-state index contributed by atoms with van der Waals surface area (Å²) in [7, 11) is 3.59. The van der Waals surface area contributed by atoms with Gasteiger partial charge in [-0.2, -0.15) is 5.10 Å². The highest BCUT2D eigenvalue weighted by Gasteiger charge is 2.09. The van der Waals surface area contributed by atoms with Crippen LogP contribution in [0.15, 0.2) is 33.5 Å². The Bertz CT molecular complexity index is 569. The van der Waals surface area contributed by atoms with Crippen LogP contribution in [0.2, 0.25) is 0 Å². The number of ether oxygens (including phenoxy) is 1. The number of hydrogen-bond acceptors (Lipinski definition) is 3. The third-order valence-electron chi connectivity index (χ3n) is 2.69. The van der Waals surface area contributed by atoms with E-state index in [2.05, 4.69) is 48.3 Å². The van der Waals surface area contributed by atoms with E-state index >= 15 is 0 Å². The summed E-state index contributed by atoms with van der Waals surface area (Å²) < 4.78 is 9.19. The molecule has 0 saturated heterocycles. The highest BCUT2D eigenvalue weighted by molar-refractivity contribution is 9.11. The molecular weight excluding hydrogens is 374 g/mol. The SMILES string of the molecule is COc1c(Br)cc(Br)cc1CNCc1cnn(C)c1. The number of halogens is 2. The van der Waals surface area contributed by atoms with E-state index < -0.39 is 0 Å². The fraction of sp³-hybridized carbons (Fsp3) is 0.308. The number of benzene rings is 1. The van der Waals surface area contributed by atoms with Gasteiger partial charge in [-0.05, 0) is 28.1 Å². The topological polar surface area (TPSA) is 39.1 Å². The van der Waals surface area contributed by atoms with Crippen LogP contribution in [0.3, 0.4) is 0 Å². The molecule has 1 heterocycles. The van der Waals surface area contributed by atoms with Gasteiger partial charge in [0.25, 0.3) is 0 Å². The molecular formula is C13H15Br2N3O. The Balaban J connectivity index is 2.02. The number of hydrogen-bond donors (Lipinski definition) is 1. The van der Waals surface area contributed by atoms with E-state index in [9.17, 15) is 0 Å². The van der Waals surface area contributed by atoms with Crippen LogP contribution in [0.1, 0.15) is 11.1 Å². The molecule has 0 aliphatic carbocycles. The van der Waals surface area contributed by atoms with Gasteiger partial charge in [0.1, 0.15) is 5.75 Å². The van der Waals surface area contributed by atoms with Gasteiger partial charge < -0.3 is 10.1 Å².